The molecule has 4 rings (SSSR count). The molecular formula is C29H31N3O3. The normalized spacial score (nSPS) is 11.9. The van der Waals surface area contributed by atoms with E-state index in [4.69, 9.17) is 0 Å². The minimum Gasteiger partial charge on any atom is -0.392 e. The summed E-state index contributed by atoms with van der Waals surface area (Å²) < 4.78 is 0. The number of para-hydroxylation sites is 1. The van der Waals surface area contributed by atoms with E-state index in [1.54, 1.807) is 11.9 Å². The third kappa shape index (κ3) is 5.44. The molecule has 2 amide bonds. The van der Waals surface area contributed by atoms with E-state index in [2.05, 4.69) is 10.3 Å². The molecule has 0 radical (unpaired) electrons. The van der Waals surface area contributed by atoms with Crippen molar-refractivity contribution >= 4 is 28.4 Å². The summed E-state index contributed by atoms with van der Waals surface area (Å²) in [6.45, 7) is 3.78. The van der Waals surface area contributed by atoms with Gasteiger partial charge < -0.3 is 20.3 Å². The second-order valence-corrected chi connectivity index (χ2v) is 8.93. The van der Waals surface area contributed by atoms with Crippen LogP contribution in [0, 0.1) is 13.8 Å². The topological polar surface area (TPSA) is 85.4 Å². The number of carbonyl (C=O) groups excluding carboxylic acids is 2. The van der Waals surface area contributed by atoms with Crippen LogP contribution in [0.4, 0.5) is 5.69 Å². The number of hydrogen-bond donors (Lipinski definition) is 3. The molecular weight excluding hydrogens is 438 g/mol. The average molecular weight is 470 g/mol. The smallest absolute Gasteiger partial charge is 0.249 e. The van der Waals surface area contributed by atoms with E-state index in [1.165, 1.54) is 0 Å². The molecule has 3 aromatic carbocycles. The lowest BCUT2D eigenvalue weighted by atomic mass is 10.0. The highest BCUT2D eigenvalue weighted by molar-refractivity contribution is 5.99. The number of aryl methyl sites for hydroxylation is 2. The Hall–Kier alpha value is -3.90. The molecule has 0 saturated heterocycles. The Labute approximate surface area is 205 Å². The van der Waals surface area contributed by atoms with Crippen LogP contribution in [-0.4, -0.2) is 35.0 Å². The minimum absolute atomic E-state index is 0.101. The van der Waals surface area contributed by atoms with Gasteiger partial charge in [-0.1, -0.05) is 54.6 Å². The van der Waals surface area contributed by atoms with Gasteiger partial charge in [0.2, 0.25) is 11.8 Å². The van der Waals surface area contributed by atoms with Crippen molar-refractivity contribution in [3.63, 3.8) is 0 Å². The number of likely N-dealkylation sites (N-methyl/N-ethyl adjacent to an activating group) is 1. The Kier molecular flexibility index (Phi) is 7.32. The number of H-pyrrole nitrogens is 1. The van der Waals surface area contributed by atoms with Gasteiger partial charge in [-0.2, -0.15) is 0 Å². The number of aromatic amines is 1. The molecule has 1 aromatic heterocycles. The molecule has 4 aromatic rings. The Balaban J connectivity index is 1.58. The van der Waals surface area contributed by atoms with Gasteiger partial charge in [-0.25, -0.2) is 0 Å². The average Bonchev–Trinajstić information content (AvgIpc) is 3.18. The van der Waals surface area contributed by atoms with E-state index >= 15 is 0 Å². The second kappa shape index (κ2) is 10.6. The van der Waals surface area contributed by atoms with Crippen LogP contribution in [0.2, 0.25) is 0 Å². The molecule has 35 heavy (non-hydrogen) atoms. The van der Waals surface area contributed by atoms with Crippen LogP contribution < -0.4 is 10.2 Å². The Morgan fingerprint density at radius 3 is 2.46 bits per heavy atom. The third-order valence-corrected chi connectivity index (χ3v) is 6.50. The summed E-state index contributed by atoms with van der Waals surface area (Å²) in [7, 11) is 1.70. The number of hydrogen-bond acceptors (Lipinski definition) is 3. The van der Waals surface area contributed by atoms with Crippen LogP contribution in [-0.2, 0) is 29.0 Å². The van der Waals surface area contributed by atoms with Crippen molar-refractivity contribution in [2.75, 3.05) is 11.9 Å². The van der Waals surface area contributed by atoms with E-state index in [0.29, 0.717) is 12.1 Å². The molecule has 180 valence electrons. The predicted molar refractivity (Wildman–Crippen MR) is 139 cm³/mol. The summed E-state index contributed by atoms with van der Waals surface area (Å²) in [5.74, 6) is -0.425. The molecule has 1 heterocycles. The van der Waals surface area contributed by atoms with E-state index in [1.807, 2.05) is 86.6 Å². The molecule has 6 heteroatoms. The van der Waals surface area contributed by atoms with Gasteiger partial charge in [-0.15, -0.1) is 0 Å². The number of nitrogens with zero attached hydrogens (tertiary/aromatic N) is 1. The molecule has 3 N–H and O–H groups in total. The third-order valence-electron chi connectivity index (χ3n) is 6.50. The standard InChI is InChI=1S/C29H31N3O3/c1-19-13-14-23(16-22(19)18-33)32(3)29(35)27(15-21-9-5-4-6-10-21)31-28(34)17-25-20(2)30-26-12-8-7-11-24(25)26/h4-14,16,27,30,33H,15,17-18H2,1-3H3,(H,31,34)/t27-/m0/s1. The number of anilines is 1. The highest BCUT2D eigenvalue weighted by atomic mass is 16.3. The predicted octanol–water partition coefficient (Wildman–Crippen LogP) is 4.21. The quantitative estimate of drug-likeness (QED) is 0.361. The number of amides is 2. The van der Waals surface area contributed by atoms with Crippen molar-refractivity contribution in [2.45, 2.75) is 39.3 Å². The molecule has 0 aliphatic rings. The van der Waals surface area contributed by atoms with Crippen LogP contribution >= 0.6 is 0 Å². The Morgan fingerprint density at radius 1 is 1.00 bits per heavy atom. The van der Waals surface area contributed by atoms with Crippen molar-refractivity contribution in [3.05, 3.63) is 101 Å². The molecule has 6 nitrogen and oxygen atoms in total. The lowest BCUT2D eigenvalue weighted by molar-refractivity contribution is -0.127. The first-order valence-electron chi connectivity index (χ1n) is 11.7. The molecule has 0 spiro atoms. The van der Waals surface area contributed by atoms with Gasteiger partial charge in [-0.05, 0) is 54.3 Å². The summed E-state index contributed by atoms with van der Waals surface area (Å²) in [5.41, 5.74) is 6.22. The van der Waals surface area contributed by atoms with Gasteiger partial charge in [0.05, 0.1) is 13.0 Å². The lowest BCUT2D eigenvalue weighted by Crippen LogP contribution is -2.49. The van der Waals surface area contributed by atoms with Crippen molar-refractivity contribution in [1.82, 2.24) is 10.3 Å². The minimum atomic E-state index is -0.737. The maximum atomic E-state index is 13.6. The van der Waals surface area contributed by atoms with Crippen molar-refractivity contribution in [2.24, 2.45) is 0 Å². The zero-order valence-electron chi connectivity index (χ0n) is 20.3. The second-order valence-electron chi connectivity index (χ2n) is 8.93. The van der Waals surface area contributed by atoms with Gasteiger partial charge in [0.1, 0.15) is 6.04 Å². The Bertz CT molecular complexity index is 1340. The SMILES string of the molecule is Cc1ccc(N(C)C(=O)[C@H](Cc2ccccc2)NC(=O)Cc2c(C)[nH]c3ccccc23)cc1CO. The summed E-state index contributed by atoms with van der Waals surface area (Å²) in [6, 6.07) is 22.4. The van der Waals surface area contributed by atoms with Gasteiger partial charge in [-0.3, -0.25) is 9.59 Å². The van der Waals surface area contributed by atoms with Crippen LogP contribution in [0.5, 0.6) is 0 Å². The van der Waals surface area contributed by atoms with Gasteiger partial charge in [0.15, 0.2) is 0 Å². The number of carbonyl (C=O) groups is 2. The molecule has 0 unspecified atom stereocenters. The fraction of sp³-hybridized carbons (Fsp3) is 0.241. The number of aromatic nitrogens is 1. The lowest BCUT2D eigenvalue weighted by Gasteiger charge is -2.25. The molecule has 0 aliphatic carbocycles. The monoisotopic (exact) mass is 469 g/mol. The van der Waals surface area contributed by atoms with E-state index in [-0.39, 0.29) is 24.8 Å². The zero-order valence-corrected chi connectivity index (χ0v) is 20.3. The number of nitrogens with one attached hydrogen (secondary N) is 2. The number of benzene rings is 3. The highest BCUT2D eigenvalue weighted by Gasteiger charge is 2.26. The van der Waals surface area contributed by atoms with Crippen LogP contribution in [0.25, 0.3) is 10.9 Å². The summed E-state index contributed by atoms with van der Waals surface area (Å²) in [6.07, 6.45) is 0.554. The number of fused-ring (bicyclic) bond motifs is 1. The molecule has 0 saturated carbocycles. The molecule has 1 atom stereocenters. The summed E-state index contributed by atoms with van der Waals surface area (Å²) in [5, 5.41) is 13.6. The molecule has 0 fully saturated rings. The van der Waals surface area contributed by atoms with E-state index < -0.39 is 6.04 Å². The van der Waals surface area contributed by atoms with Gasteiger partial charge >= 0.3 is 0 Å². The van der Waals surface area contributed by atoms with Crippen molar-refractivity contribution in [1.29, 1.82) is 0 Å². The summed E-state index contributed by atoms with van der Waals surface area (Å²) in [4.78, 5) is 31.7. The largest absolute Gasteiger partial charge is 0.392 e. The highest BCUT2D eigenvalue weighted by Crippen LogP contribution is 2.23. The maximum absolute atomic E-state index is 13.6. The van der Waals surface area contributed by atoms with Crippen LogP contribution in [0.15, 0.2) is 72.8 Å². The van der Waals surface area contributed by atoms with Gasteiger partial charge in [0.25, 0.3) is 0 Å². The first-order chi connectivity index (χ1) is 16.9. The molecule has 0 bridgehead atoms. The van der Waals surface area contributed by atoms with Gasteiger partial charge in [0, 0.05) is 35.8 Å². The fourth-order valence-electron chi connectivity index (χ4n) is 4.42. The van der Waals surface area contributed by atoms with Crippen LogP contribution in [0.1, 0.15) is 27.9 Å². The Morgan fingerprint density at radius 2 is 1.71 bits per heavy atom. The van der Waals surface area contributed by atoms with E-state index in [9.17, 15) is 14.7 Å². The van der Waals surface area contributed by atoms with Crippen molar-refractivity contribution in [3.8, 4) is 0 Å². The fourth-order valence-corrected chi connectivity index (χ4v) is 4.42. The first kappa shape index (κ1) is 24.2. The molecule has 0 aliphatic heterocycles. The number of aliphatic hydroxyl groups is 1. The number of aliphatic hydroxyl groups excluding tert-OH is 1. The number of rotatable bonds is 8. The zero-order chi connectivity index (χ0) is 24.9. The first-order valence-corrected chi connectivity index (χ1v) is 11.7. The maximum Gasteiger partial charge on any atom is 0.249 e. The van der Waals surface area contributed by atoms with Crippen LogP contribution in [0.3, 0.4) is 0 Å². The summed E-state index contributed by atoms with van der Waals surface area (Å²) >= 11 is 0. The van der Waals surface area contributed by atoms with E-state index in [0.717, 1.165) is 38.9 Å². The van der Waals surface area contributed by atoms with Crippen molar-refractivity contribution < 1.29 is 14.7 Å².